The number of likely N-dealkylation sites (N-methyl/N-ethyl adjacent to an activating group) is 1. The molecule has 3 rings (SSSR count). The van der Waals surface area contributed by atoms with Gasteiger partial charge in [-0.05, 0) is 25.2 Å². The number of halogens is 1. The largest absolute Gasteiger partial charge is 0.368 e. The lowest BCUT2D eigenvalue weighted by Crippen LogP contribution is -2.50. The van der Waals surface area contributed by atoms with E-state index < -0.39 is 0 Å². The van der Waals surface area contributed by atoms with Gasteiger partial charge in [-0.2, -0.15) is 0 Å². The number of nitrogen functional groups attached to an aromatic ring is 1. The van der Waals surface area contributed by atoms with Crippen LogP contribution in [0.25, 0.3) is 11.0 Å². The molecule has 0 amide bonds. The number of hydrogen-bond acceptors (Lipinski definition) is 4. The molecule has 0 atom stereocenters. The van der Waals surface area contributed by atoms with Gasteiger partial charge in [0.15, 0.2) is 0 Å². The van der Waals surface area contributed by atoms with Gasteiger partial charge in [0.25, 0.3) is 0 Å². The standard InChI is InChI=1S/C12H16BrN5/c1-16-4-6-17(7-5-16)18-11-8-9(13)2-3-10(11)15-12(18)14/h2-3,8H,4-7H2,1H3,(H2,14,15). The van der Waals surface area contributed by atoms with E-state index in [0.717, 1.165) is 41.7 Å². The van der Waals surface area contributed by atoms with Crippen molar-refractivity contribution >= 4 is 32.9 Å². The van der Waals surface area contributed by atoms with E-state index in [1.165, 1.54) is 0 Å². The van der Waals surface area contributed by atoms with Gasteiger partial charge in [-0.3, -0.25) is 0 Å². The number of nitrogens with two attached hydrogens (primary N) is 1. The summed E-state index contributed by atoms with van der Waals surface area (Å²) in [5.74, 6) is 0.563. The fourth-order valence-corrected chi connectivity index (χ4v) is 2.70. The first-order valence-corrected chi connectivity index (χ1v) is 6.82. The number of fused-ring (bicyclic) bond motifs is 1. The van der Waals surface area contributed by atoms with Gasteiger partial charge in [-0.15, -0.1) is 0 Å². The summed E-state index contributed by atoms with van der Waals surface area (Å²) in [5.41, 5.74) is 8.05. The van der Waals surface area contributed by atoms with Crippen molar-refractivity contribution in [2.75, 3.05) is 44.0 Å². The summed E-state index contributed by atoms with van der Waals surface area (Å²) in [4.78, 5) is 6.73. The molecule has 5 nitrogen and oxygen atoms in total. The summed E-state index contributed by atoms with van der Waals surface area (Å²) in [5, 5.41) is 2.26. The zero-order chi connectivity index (χ0) is 12.7. The third-order valence-corrected chi connectivity index (χ3v) is 3.87. The van der Waals surface area contributed by atoms with E-state index >= 15 is 0 Å². The molecule has 1 saturated heterocycles. The first kappa shape index (κ1) is 11.8. The second-order valence-corrected chi connectivity index (χ2v) is 5.59. The molecule has 6 heteroatoms. The Bertz CT molecular complexity index is 571. The lowest BCUT2D eigenvalue weighted by atomic mass is 10.3. The van der Waals surface area contributed by atoms with Crippen molar-refractivity contribution in [1.29, 1.82) is 0 Å². The number of imidazole rings is 1. The topological polar surface area (TPSA) is 50.3 Å². The molecule has 0 spiro atoms. The Morgan fingerprint density at radius 1 is 1.22 bits per heavy atom. The maximum absolute atomic E-state index is 6.05. The van der Waals surface area contributed by atoms with Crippen LogP contribution in [0, 0.1) is 0 Å². The van der Waals surface area contributed by atoms with Gasteiger partial charge in [0, 0.05) is 30.7 Å². The predicted molar refractivity (Wildman–Crippen MR) is 77.3 cm³/mol. The van der Waals surface area contributed by atoms with E-state index in [-0.39, 0.29) is 0 Å². The van der Waals surface area contributed by atoms with E-state index in [0.29, 0.717) is 5.95 Å². The van der Waals surface area contributed by atoms with E-state index in [1.54, 1.807) is 0 Å². The van der Waals surface area contributed by atoms with E-state index in [4.69, 9.17) is 5.73 Å². The van der Waals surface area contributed by atoms with Crippen molar-refractivity contribution < 1.29 is 0 Å². The molecule has 96 valence electrons. The van der Waals surface area contributed by atoms with Crippen LogP contribution in [0.15, 0.2) is 22.7 Å². The monoisotopic (exact) mass is 309 g/mol. The molecule has 2 heterocycles. The van der Waals surface area contributed by atoms with Crippen molar-refractivity contribution in [1.82, 2.24) is 14.6 Å². The predicted octanol–water partition coefficient (Wildman–Crippen LogP) is 1.26. The Morgan fingerprint density at radius 3 is 2.67 bits per heavy atom. The van der Waals surface area contributed by atoms with Gasteiger partial charge in [-0.1, -0.05) is 15.9 Å². The maximum Gasteiger partial charge on any atom is 0.220 e. The number of anilines is 1. The normalized spacial score (nSPS) is 17.6. The lowest BCUT2D eigenvalue weighted by molar-refractivity contribution is 0.290. The Labute approximate surface area is 114 Å². The van der Waals surface area contributed by atoms with E-state index in [2.05, 4.69) is 43.9 Å². The summed E-state index contributed by atoms with van der Waals surface area (Å²) in [6.45, 7) is 4.04. The van der Waals surface area contributed by atoms with Crippen LogP contribution in [0.4, 0.5) is 5.95 Å². The molecule has 18 heavy (non-hydrogen) atoms. The van der Waals surface area contributed by atoms with Crippen molar-refractivity contribution in [3.8, 4) is 0 Å². The molecule has 0 unspecified atom stereocenters. The van der Waals surface area contributed by atoms with E-state index in [1.807, 2.05) is 16.8 Å². The zero-order valence-electron chi connectivity index (χ0n) is 10.3. The molecule has 1 aromatic carbocycles. The highest BCUT2D eigenvalue weighted by atomic mass is 79.9. The average Bonchev–Trinajstić information content (AvgIpc) is 2.66. The first-order chi connectivity index (χ1) is 8.65. The summed E-state index contributed by atoms with van der Waals surface area (Å²) in [6, 6.07) is 6.04. The van der Waals surface area contributed by atoms with Crippen LogP contribution in [0.2, 0.25) is 0 Å². The molecule has 1 fully saturated rings. The van der Waals surface area contributed by atoms with Crippen molar-refractivity contribution in [2.24, 2.45) is 0 Å². The van der Waals surface area contributed by atoms with Crippen molar-refractivity contribution in [3.05, 3.63) is 22.7 Å². The summed E-state index contributed by atoms with van der Waals surface area (Å²) in [6.07, 6.45) is 0. The summed E-state index contributed by atoms with van der Waals surface area (Å²) in [7, 11) is 2.14. The minimum Gasteiger partial charge on any atom is -0.368 e. The molecule has 1 aromatic heterocycles. The van der Waals surface area contributed by atoms with Gasteiger partial charge in [-0.25, -0.2) is 9.66 Å². The highest BCUT2D eigenvalue weighted by molar-refractivity contribution is 9.10. The average molecular weight is 310 g/mol. The summed E-state index contributed by atoms with van der Waals surface area (Å²) >= 11 is 3.50. The van der Waals surface area contributed by atoms with Gasteiger partial charge >= 0.3 is 0 Å². The van der Waals surface area contributed by atoms with Gasteiger partial charge < -0.3 is 15.6 Å². The Kier molecular flexibility index (Phi) is 2.91. The molecule has 0 radical (unpaired) electrons. The van der Waals surface area contributed by atoms with Crippen LogP contribution in [0.5, 0.6) is 0 Å². The second kappa shape index (κ2) is 4.44. The number of hydrogen-bond donors (Lipinski definition) is 1. The molecule has 2 aromatic rings. The minimum atomic E-state index is 0.563. The summed E-state index contributed by atoms with van der Waals surface area (Å²) < 4.78 is 3.08. The number of rotatable bonds is 1. The Morgan fingerprint density at radius 2 is 1.94 bits per heavy atom. The molecular formula is C12H16BrN5. The number of benzene rings is 1. The third-order valence-electron chi connectivity index (χ3n) is 3.38. The number of nitrogens with zero attached hydrogens (tertiary/aromatic N) is 4. The van der Waals surface area contributed by atoms with Crippen LogP contribution in [0.3, 0.4) is 0 Å². The number of aromatic nitrogens is 2. The molecule has 1 aliphatic heterocycles. The third kappa shape index (κ3) is 1.95. The van der Waals surface area contributed by atoms with Crippen LogP contribution in [-0.2, 0) is 0 Å². The molecule has 0 bridgehead atoms. The number of piperazine rings is 1. The molecule has 1 aliphatic rings. The van der Waals surface area contributed by atoms with Crippen LogP contribution in [-0.4, -0.2) is 47.8 Å². The van der Waals surface area contributed by atoms with Crippen molar-refractivity contribution in [2.45, 2.75) is 0 Å². The van der Waals surface area contributed by atoms with E-state index in [9.17, 15) is 0 Å². The fourth-order valence-electron chi connectivity index (χ4n) is 2.35. The van der Waals surface area contributed by atoms with Gasteiger partial charge in [0.05, 0.1) is 11.0 Å². The molecular weight excluding hydrogens is 294 g/mol. The van der Waals surface area contributed by atoms with Gasteiger partial charge in [0.2, 0.25) is 5.95 Å². The van der Waals surface area contributed by atoms with Crippen LogP contribution in [0.1, 0.15) is 0 Å². The van der Waals surface area contributed by atoms with Gasteiger partial charge in [0.1, 0.15) is 0 Å². The highest BCUT2D eigenvalue weighted by Gasteiger charge is 2.18. The van der Waals surface area contributed by atoms with Crippen LogP contribution >= 0.6 is 15.9 Å². The minimum absolute atomic E-state index is 0.563. The molecule has 0 saturated carbocycles. The Hall–Kier alpha value is -1.27. The second-order valence-electron chi connectivity index (χ2n) is 4.67. The molecule has 0 aliphatic carbocycles. The highest BCUT2D eigenvalue weighted by Crippen LogP contribution is 2.22. The van der Waals surface area contributed by atoms with Crippen LogP contribution < -0.4 is 10.7 Å². The Balaban J connectivity index is 2.05. The SMILES string of the molecule is CN1CCN(n2c(N)nc3ccc(Br)cc32)CC1. The maximum atomic E-state index is 6.05. The quantitative estimate of drug-likeness (QED) is 0.862. The van der Waals surface area contributed by atoms with Crippen molar-refractivity contribution in [3.63, 3.8) is 0 Å². The zero-order valence-corrected chi connectivity index (χ0v) is 11.9. The lowest BCUT2D eigenvalue weighted by Gasteiger charge is -2.35. The molecule has 2 N–H and O–H groups in total. The fraction of sp³-hybridized carbons (Fsp3) is 0.417. The smallest absolute Gasteiger partial charge is 0.220 e. The first-order valence-electron chi connectivity index (χ1n) is 6.02.